The lowest BCUT2D eigenvalue weighted by atomic mass is 9.99. The number of alkyl halides is 3. The number of hydrogen-bond donors (Lipinski definition) is 1. The van der Waals surface area contributed by atoms with Crippen molar-refractivity contribution in [3.8, 4) is 22.6 Å². The second-order valence-corrected chi connectivity index (χ2v) is 10.4. The predicted molar refractivity (Wildman–Crippen MR) is 148 cm³/mol. The van der Waals surface area contributed by atoms with Crippen LogP contribution >= 0.6 is 23.2 Å². The smallest absolute Gasteiger partial charge is 0.437 e. The van der Waals surface area contributed by atoms with Crippen LogP contribution in [0.1, 0.15) is 47.3 Å². The monoisotopic (exact) mass is 603 g/mol. The second kappa shape index (κ2) is 10.7. The summed E-state index contributed by atoms with van der Waals surface area (Å²) < 4.78 is 49.7. The van der Waals surface area contributed by atoms with E-state index in [0.717, 1.165) is 21.4 Å². The zero-order valence-electron chi connectivity index (χ0n) is 21.9. The third-order valence-corrected chi connectivity index (χ3v) is 7.07. The van der Waals surface area contributed by atoms with E-state index in [-0.39, 0.29) is 33.2 Å². The van der Waals surface area contributed by atoms with E-state index in [9.17, 15) is 23.1 Å². The van der Waals surface area contributed by atoms with E-state index in [4.69, 9.17) is 27.9 Å². The molecule has 0 saturated heterocycles. The summed E-state index contributed by atoms with van der Waals surface area (Å²) in [6.45, 7) is 5.14. The number of hydrogen-bond acceptors (Lipinski definition) is 5. The van der Waals surface area contributed by atoms with Gasteiger partial charge >= 0.3 is 12.1 Å². The lowest BCUT2D eigenvalue weighted by Crippen LogP contribution is -2.14. The van der Waals surface area contributed by atoms with Crippen LogP contribution in [0.2, 0.25) is 10.0 Å². The fourth-order valence-electron chi connectivity index (χ4n) is 4.58. The molecule has 2 heterocycles. The number of para-hydroxylation sites is 1. The molecule has 0 saturated carbocycles. The molecule has 0 aliphatic carbocycles. The van der Waals surface area contributed by atoms with Crippen molar-refractivity contribution in [2.24, 2.45) is 0 Å². The highest BCUT2D eigenvalue weighted by Crippen LogP contribution is 2.36. The number of aryl methyl sites for hydroxylation is 1. The zero-order valence-corrected chi connectivity index (χ0v) is 23.4. The predicted octanol–water partition coefficient (Wildman–Crippen LogP) is 7.78. The van der Waals surface area contributed by atoms with E-state index in [1.54, 1.807) is 41.1 Å². The summed E-state index contributed by atoms with van der Waals surface area (Å²) >= 11 is 12.4. The Morgan fingerprint density at radius 1 is 1.07 bits per heavy atom. The molecular formula is C28H22Cl2F3N5O3. The minimum atomic E-state index is -4.79. The molecule has 212 valence electrons. The van der Waals surface area contributed by atoms with E-state index >= 15 is 0 Å². The van der Waals surface area contributed by atoms with Gasteiger partial charge in [0.1, 0.15) is 23.7 Å². The Morgan fingerprint density at radius 2 is 1.78 bits per heavy atom. The summed E-state index contributed by atoms with van der Waals surface area (Å²) in [5, 5.41) is 21.5. The number of halogens is 5. The molecular weight excluding hydrogens is 582 g/mol. The Morgan fingerprint density at radius 3 is 2.39 bits per heavy atom. The lowest BCUT2D eigenvalue weighted by Gasteiger charge is -2.14. The number of benzene rings is 3. The molecule has 0 aliphatic heterocycles. The second-order valence-electron chi connectivity index (χ2n) is 9.55. The molecule has 5 aromatic rings. The van der Waals surface area contributed by atoms with Crippen molar-refractivity contribution in [2.75, 3.05) is 0 Å². The fraction of sp³-hybridized carbons (Fsp3) is 0.214. The molecule has 1 N–H and O–H groups in total. The maximum atomic E-state index is 13.8. The number of nitrogens with zero attached hydrogens (tertiary/aromatic N) is 5. The summed E-state index contributed by atoms with van der Waals surface area (Å²) in [5.74, 6) is -0.791. The molecule has 0 fully saturated rings. The van der Waals surface area contributed by atoms with Gasteiger partial charge in [0.2, 0.25) is 0 Å². The van der Waals surface area contributed by atoms with Crippen LogP contribution < -0.4 is 4.74 Å². The van der Waals surface area contributed by atoms with E-state index < -0.39 is 24.4 Å². The van der Waals surface area contributed by atoms with Gasteiger partial charge in [0.15, 0.2) is 11.4 Å². The number of carboxylic acids is 1. The summed E-state index contributed by atoms with van der Waals surface area (Å²) in [7, 11) is 0. The number of carboxylic acid groups (broad SMARTS) is 1. The van der Waals surface area contributed by atoms with Crippen LogP contribution in [-0.2, 0) is 12.8 Å². The van der Waals surface area contributed by atoms with Crippen molar-refractivity contribution in [1.29, 1.82) is 0 Å². The molecule has 0 aliphatic rings. The van der Waals surface area contributed by atoms with E-state index in [0.29, 0.717) is 16.7 Å². The van der Waals surface area contributed by atoms with Gasteiger partial charge in [-0.15, -0.1) is 5.10 Å². The Labute approximate surface area is 241 Å². The van der Waals surface area contributed by atoms with Crippen LogP contribution in [0, 0.1) is 6.92 Å². The minimum absolute atomic E-state index is 0.0224. The van der Waals surface area contributed by atoms with Crippen molar-refractivity contribution in [1.82, 2.24) is 24.8 Å². The molecule has 2 aromatic heterocycles. The lowest BCUT2D eigenvalue weighted by molar-refractivity contribution is -0.142. The van der Waals surface area contributed by atoms with Gasteiger partial charge in [-0.3, -0.25) is 4.68 Å². The van der Waals surface area contributed by atoms with Crippen molar-refractivity contribution in [2.45, 2.75) is 39.6 Å². The standard InChI is InChI=1S/C28H22Cl2F3N5O3/c1-14(2)37-22-12-16(7-9-19(22)24(35-37)27(39)40)18-10-8-17(11-15(18)3)41-13-23-26(28(31,32)33)34-36-38(23)25-20(29)5-4-6-21(25)30/h4-12,14H,13H2,1-3H3,(H,39,40). The highest BCUT2D eigenvalue weighted by molar-refractivity contribution is 6.37. The average molecular weight is 604 g/mol. The van der Waals surface area contributed by atoms with Crippen LogP contribution in [-0.4, -0.2) is 35.9 Å². The van der Waals surface area contributed by atoms with Gasteiger partial charge in [-0.25, -0.2) is 9.48 Å². The van der Waals surface area contributed by atoms with Gasteiger partial charge in [-0.05, 0) is 73.9 Å². The Balaban J connectivity index is 1.47. The molecule has 5 rings (SSSR count). The summed E-state index contributed by atoms with van der Waals surface area (Å²) in [6.07, 6.45) is -4.79. The first-order valence-electron chi connectivity index (χ1n) is 12.3. The third-order valence-electron chi connectivity index (χ3n) is 6.46. The highest BCUT2D eigenvalue weighted by Gasteiger charge is 2.39. The molecule has 0 spiro atoms. The Bertz CT molecular complexity index is 1780. The highest BCUT2D eigenvalue weighted by atomic mass is 35.5. The molecule has 0 atom stereocenters. The molecule has 8 nitrogen and oxygen atoms in total. The van der Waals surface area contributed by atoms with E-state index in [1.807, 2.05) is 26.8 Å². The van der Waals surface area contributed by atoms with Crippen molar-refractivity contribution in [3.63, 3.8) is 0 Å². The number of ether oxygens (including phenoxy) is 1. The maximum Gasteiger partial charge on any atom is 0.437 e. The van der Waals surface area contributed by atoms with E-state index in [1.165, 1.54) is 12.1 Å². The summed E-state index contributed by atoms with van der Waals surface area (Å²) in [4.78, 5) is 11.7. The Kier molecular flexibility index (Phi) is 7.43. The molecule has 3 aromatic carbocycles. The van der Waals surface area contributed by atoms with Gasteiger partial charge < -0.3 is 9.84 Å². The number of carbonyl (C=O) groups is 1. The molecule has 41 heavy (non-hydrogen) atoms. The molecule has 0 amide bonds. The Hall–Kier alpha value is -4.09. The van der Waals surface area contributed by atoms with Gasteiger partial charge in [-0.2, -0.15) is 18.3 Å². The van der Waals surface area contributed by atoms with Crippen LogP contribution in [0.4, 0.5) is 13.2 Å². The van der Waals surface area contributed by atoms with Crippen LogP contribution in [0.25, 0.3) is 27.7 Å². The summed E-state index contributed by atoms with van der Waals surface area (Å²) in [5.41, 5.74) is 1.57. The van der Waals surface area contributed by atoms with Gasteiger partial charge in [-0.1, -0.05) is 46.6 Å². The number of rotatable bonds is 7. The van der Waals surface area contributed by atoms with Gasteiger partial charge in [0.25, 0.3) is 0 Å². The molecule has 0 unspecified atom stereocenters. The number of fused-ring (bicyclic) bond motifs is 1. The number of aromatic nitrogens is 5. The summed E-state index contributed by atoms with van der Waals surface area (Å²) in [6, 6.07) is 15.0. The van der Waals surface area contributed by atoms with Crippen molar-refractivity contribution < 1.29 is 27.8 Å². The molecule has 13 heteroatoms. The van der Waals surface area contributed by atoms with Crippen molar-refractivity contribution >= 4 is 40.1 Å². The van der Waals surface area contributed by atoms with E-state index in [2.05, 4.69) is 15.4 Å². The van der Waals surface area contributed by atoms with Crippen molar-refractivity contribution in [3.05, 3.63) is 87.3 Å². The SMILES string of the molecule is Cc1cc(OCc2c(C(F)(F)F)nnn2-c2c(Cl)cccc2Cl)ccc1-c1ccc2c(C(=O)O)nn(C(C)C)c2c1. The fourth-order valence-corrected chi connectivity index (χ4v) is 5.14. The molecule has 0 radical (unpaired) electrons. The van der Waals surface area contributed by atoms with Gasteiger partial charge in [0, 0.05) is 11.4 Å². The largest absolute Gasteiger partial charge is 0.487 e. The van der Waals surface area contributed by atoms with Gasteiger partial charge in [0.05, 0.1) is 15.6 Å². The quantitative estimate of drug-likeness (QED) is 0.204. The zero-order chi connectivity index (χ0) is 29.6. The normalized spacial score (nSPS) is 11.9. The van der Waals surface area contributed by atoms with Crippen LogP contribution in [0.3, 0.4) is 0 Å². The van der Waals surface area contributed by atoms with Crippen LogP contribution in [0.5, 0.6) is 5.75 Å². The first kappa shape index (κ1) is 28.4. The minimum Gasteiger partial charge on any atom is -0.487 e. The maximum absolute atomic E-state index is 13.8. The average Bonchev–Trinajstić information content (AvgIpc) is 3.49. The first-order chi connectivity index (χ1) is 19.4. The first-order valence-corrected chi connectivity index (χ1v) is 13.1. The van der Waals surface area contributed by atoms with Crippen LogP contribution in [0.15, 0.2) is 54.6 Å². The topological polar surface area (TPSA) is 95.1 Å². The third kappa shape index (κ3) is 5.34. The number of aromatic carboxylic acids is 1. The molecule has 0 bridgehead atoms.